The number of benzene rings is 1. The highest BCUT2D eigenvalue weighted by molar-refractivity contribution is 5.95. The first-order valence-corrected chi connectivity index (χ1v) is 8.10. The molecule has 1 aliphatic heterocycles. The Bertz CT molecular complexity index is 783. The monoisotopic (exact) mass is 328 g/mol. The number of carbonyl (C=O) groups is 1. The van der Waals surface area contributed by atoms with Gasteiger partial charge in [0, 0.05) is 13.5 Å². The van der Waals surface area contributed by atoms with Crippen LogP contribution in [-0.2, 0) is 24.2 Å². The van der Waals surface area contributed by atoms with Crippen LogP contribution in [0.3, 0.4) is 0 Å². The lowest BCUT2D eigenvalue weighted by Crippen LogP contribution is -2.38. The van der Waals surface area contributed by atoms with E-state index in [0.29, 0.717) is 12.4 Å². The van der Waals surface area contributed by atoms with Crippen molar-refractivity contribution in [2.75, 3.05) is 11.4 Å². The van der Waals surface area contributed by atoms with Crippen molar-refractivity contribution in [3.8, 4) is 0 Å². The van der Waals surface area contributed by atoms with E-state index in [0.717, 1.165) is 30.5 Å². The normalized spacial score (nSPS) is 13.7. The smallest absolute Gasteiger partial charge is 0.358 e. The predicted molar refractivity (Wildman–Crippen MR) is 90.1 cm³/mol. The van der Waals surface area contributed by atoms with Gasteiger partial charge in [0.15, 0.2) is 0 Å². The SMILES string of the molecule is CCc1cccc2c1N(C(=O)Cn1cc([N+](=O)[O-])nc1C)CCC2. The van der Waals surface area contributed by atoms with Crippen LogP contribution in [0.2, 0.25) is 0 Å². The first kappa shape index (κ1) is 16.2. The standard InChI is InChI=1S/C17H20N4O3/c1-3-13-6-4-7-14-8-5-9-20(17(13)14)16(22)11-19-10-15(21(23)24)18-12(19)2/h4,6-7,10H,3,5,8-9,11H2,1-2H3. The number of carbonyl (C=O) groups excluding carboxylic acids is 1. The molecule has 1 aromatic carbocycles. The van der Waals surface area contributed by atoms with Gasteiger partial charge in [-0.05, 0) is 40.3 Å². The van der Waals surface area contributed by atoms with Crippen LogP contribution in [0.1, 0.15) is 30.3 Å². The number of hydrogen-bond donors (Lipinski definition) is 0. The van der Waals surface area contributed by atoms with Gasteiger partial charge in [-0.3, -0.25) is 9.36 Å². The molecule has 0 unspecified atom stereocenters. The van der Waals surface area contributed by atoms with E-state index in [1.165, 1.54) is 11.8 Å². The van der Waals surface area contributed by atoms with Crippen molar-refractivity contribution >= 4 is 17.4 Å². The minimum atomic E-state index is -0.542. The van der Waals surface area contributed by atoms with Crippen molar-refractivity contribution in [3.05, 3.63) is 51.5 Å². The van der Waals surface area contributed by atoms with Crippen molar-refractivity contribution in [1.29, 1.82) is 0 Å². The lowest BCUT2D eigenvalue weighted by Gasteiger charge is -2.31. The highest BCUT2D eigenvalue weighted by Gasteiger charge is 2.26. The van der Waals surface area contributed by atoms with E-state index in [1.807, 2.05) is 11.0 Å². The second-order valence-corrected chi connectivity index (χ2v) is 5.96. The molecule has 0 atom stereocenters. The summed E-state index contributed by atoms with van der Waals surface area (Å²) >= 11 is 0. The molecule has 2 aromatic rings. The Labute approximate surface area is 140 Å². The van der Waals surface area contributed by atoms with E-state index in [9.17, 15) is 14.9 Å². The van der Waals surface area contributed by atoms with Gasteiger partial charge in [0.05, 0.1) is 5.69 Å². The van der Waals surface area contributed by atoms with Crippen LogP contribution in [-0.4, -0.2) is 26.9 Å². The van der Waals surface area contributed by atoms with Gasteiger partial charge in [-0.1, -0.05) is 25.1 Å². The third-order valence-electron chi connectivity index (χ3n) is 4.44. The first-order valence-electron chi connectivity index (χ1n) is 8.10. The van der Waals surface area contributed by atoms with Gasteiger partial charge in [0.2, 0.25) is 11.7 Å². The molecule has 0 fully saturated rings. The molecule has 0 saturated heterocycles. The highest BCUT2D eigenvalue weighted by atomic mass is 16.6. The number of para-hydroxylation sites is 1. The van der Waals surface area contributed by atoms with Crippen molar-refractivity contribution in [3.63, 3.8) is 0 Å². The van der Waals surface area contributed by atoms with Crippen molar-refractivity contribution in [1.82, 2.24) is 9.55 Å². The van der Waals surface area contributed by atoms with E-state index >= 15 is 0 Å². The van der Waals surface area contributed by atoms with Crippen LogP contribution in [0.5, 0.6) is 0 Å². The van der Waals surface area contributed by atoms with E-state index in [4.69, 9.17) is 0 Å². The van der Waals surface area contributed by atoms with Gasteiger partial charge in [-0.15, -0.1) is 0 Å². The van der Waals surface area contributed by atoms with Gasteiger partial charge in [0.1, 0.15) is 12.7 Å². The zero-order chi connectivity index (χ0) is 17.3. The summed E-state index contributed by atoms with van der Waals surface area (Å²) in [6.45, 7) is 4.49. The summed E-state index contributed by atoms with van der Waals surface area (Å²) in [5, 5.41) is 10.8. The average Bonchev–Trinajstić information content (AvgIpc) is 2.94. The summed E-state index contributed by atoms with van der Waals surface area (Å²) < 4.78 is 1.54. The maximum atomic E-state index is 12.8. The number of nitrogens with zero attached hydrogens (tertiary/aromatic N) is 4. The number of fused-ring (bicyclic) bond motifs is 1. The number of aryl methyl sites for hydroxylation is 3. The average molecular weight is 328 g/mol. The van der Waals surface area contributed by atoms with Gasteiger partial charge in [-0.25, -0.2) is 0 Å². The molecular weight excluding hydrogens is 308 g/mol. The molecule has 1 amide bonds. The largest absolute Gasteiger partial charge is 0.381 e. The molecule has 1 aromatic heterocycles. The Balaban J connectivity index is 1.89. The summed E-state index contributed by atoms with van der Waals surface area (Å²) in [6, 6.07) is 6.16. The van der Waals surface area contributed by atoms with Gasteiger partial charge >= 0.3 is 5.82 Å². The van der Waals surface area contributed by atoms with E-state index < -0.39 is 4.92 Å². The Morgan fingerprint density at radius 3 is 2.88 bits per heavy atom. The molecule has 0 aliphatic carbocycles. The fourth-order valence-corrected chi connectivity index (χ4v) is 3.24. The summed E-state index contributed by atoms with van der Waals surface area (Å²) in [4.78, 5) is 28.8. The van der Waals surface area contributed by atoms with Crippen molar-refractivity contribution in [2.24, 2.45) is 0 Å². The maximum absolute atomic E-state index is 12.8. The van der Waals surface area contributed by atoms with Crippen LogP contribution >= 0.6 is 0 Å². The minimum Gasteiger partial charge on any atom is -0.358 e. The van der Waals surface area contributed by atoms with E-state index in [-0.39, 0.29) is 18.3 Å². The Kier molecular flexibility index (Phi) is 4.33. The molecule has 3 rings (SSSR count). The number of amides is 1. The van der Waals surface area contributed by atoms with Gasteiger partial charge in [-0.2, -0.15) is 0 Å². The predicted octanol–water partition coefficient (Wildman–Crippen LogP) is 2.64. The Hall–Kier alpha value is -2.70. The molecule has 7 heteroatoms. The number of imidazole rings is 1. The third-order valence-corrected chi connectivity index (χ3v) is 4.44. The summed E-state index contributed by atoms with van der Waals surface area (Å²) in [6.07, 6.45) is 4.09. The summed E-state index contributed by atoms with van der Waals surface area (Å²) in [5.74, 6) is 0.178. The number of nitro groups is 1. The molecule has 0 radical (unpaired) electrons. The molecule has 0 spiro atoms. The third kappa shape index (κ3) is 2.89. The van der Waals surface area contributed by atoms with Gasteiger partial charge in [0.25, 0.3) is 0 Å². The van der Waals surface area contributed by atoms with Crippen LogP contribution in [0.4, 0.5) is 11.5 Å². The molecular formula is C17H20N4O3. The second kappa shape index (κ2) is 6.43. The highest BCUT2D eigenvalue weighted by Crippen LogP contribution is 2.31. The molecule has 0 N–H and O–H groups in total. The number of hydrogen-bond acceptors (Lipinski definition) is 4. The number of anilines is 1. The van der Waals surface area contributed by atoms with Crippen molar-refractivity contribution < 1.29 is 9.72 Å². The molecule has 0 bridgehead atoms. The maximum Gasteiger partial charge on any atom is 0.381 e. The van der Waals surface area contributed by atoms with Crippen LogP contribution < -0.4 is 4.90 Å². The molecule has 1 aliphatic rings. The molecule has 126 valence electrons. The van der Waals surface area contributed by atoms with Crippen LogP contribution in [0.25, 0.3) is 0 Å². The minimum absolute atomic E-state index is 0.0597. The first-order chi connectivity index (χ1) is 11.5. The molecule has 7 nitrogen and oxygen atoms in total. The lowest BCUT2D eigenvalue weighted by atomic mass is 9.96. The van der Waals surface area contributed by atoms with Crippen molar-refractivity contribution in [2.45, 2.75) is 39.7 Å². The quantitative estimate of drug-likeness (QED) is 0.638. The number of aromatic nitrogens is 2. The fourth-order valence-electron chi connectivity index (χ4n) is 3.24. The molecule has 2 heterocycles. The lowest BCUT2D eigenvalue weighted by molar-refractivity contribution is -0.389. The number of rotatable bonds is 4. The molecule has 24 heavy (non-hydrogen) atoms. The summed E-state index contributed by atoms with van der Waals surface area (Å²) in [7, 11) is 0. The van der Waals surface area contributed by atoms with Crippen LogP contribution in [0, 0.1) is 17.0 Å². The molecule has 0 saturated carbocycles. The summed E-state index contributed by atoms with van der Waals surface area (Å²) in [5.41, 5.74) is 3.37. The second-order valence-electron chi connectivity index (χ2n) is 5.96. The van der Waals surface area contributed by atoms with Gasteiger partial charge < -0.3 is 15.0 Å². The Morgan fingerprint density at radius 1 is 1.42 bits per heavy atom. The van der Waals surface area contributed by atoms with E-state index in [1.54, 1.807) is 11.5 Å². The zero-order valence-corrected chi connectivity index (χ0v) is 13.9. The van der Waals surface area contributed by atoms with Crippen LogP contribution in [0.15, 0.2) is 24.4 Å². The van der Waals surface area contributed by atoms with E-state index in [2.05, 4.69) is 24.0 Å². The fraction of sp³-hybridized carbons (Fsp3) is 0.412. The topological polar surface area (TPSA) is 81.3 Å². The zero-order valence-electron chi connectivity index (χ0n) is 13.9. The Morgan fingerprint density at radius 2 is 2.21 bits per heavy atom.